The molecule has 2 N–H and O–H groups in total. The lowest BCUT2D eigenvalue weighted by Crippen LogP contribution is -2.40. The molecule has 0 aromatic carbocycles. The van der Waals surface area contributed by atoms with Crippen molar-refractivity contribution < 1.29 is 9.90 Å². The van der Waals surface area contributed by atoms with Gasteiger partial charge in [-0.15, -0.1) is 0 Å². The van der Waals surface area contributed by atoms with Gasteiger partial charge in [0.25, 0.3) is 5.91 Å². The molecule has 0 fully saturated rings. The highest BCUT2D eigenvalue weighted by Crippen LogP contribution is 2.13. The number of amides is 1. The third-order valence-corrected chi connectivity index (χ3v) is 3.03. The van der Waals surface area contributed by atoms with Gasteiger partial charge in [-0.05, 0) is 41.4 Å². The van der Waals surface area contributed by atoms with Crippen LogP contribution in [0.2, 0.25) is 0 Å². The third-order valence-electron chi connectivity index (χ3n) is 2.40. The lowest BCUT2D eigenvalue weighted by Gasteiger charge is -2.21. The van der Waals surface area contributed by atoms with Gasteiger partial charge < -0.3 is 10.4 Å². The Hall–Kier alpha value is -0.940. The SMILES string of the molecule is CCC(C)(O)CNC(=O)c1cccnc1Br. The number of halogens is 1. The van der Waals surface area contributed by atoms with E-state index in [9.17, 15) is 9.90 Å². The lowest BCUT2D eigenvalue weighted by atomic mass is 10.0. The van der Waals surface area contributed by atoms with Crippen molar-refractivity contribution in [1.82, 2.24) is 10.3 Å². The Bertz CT molecular complexity index is 380. The van der Waals surface area contributed by atoms with E-state index in [-0.39, 0.29) is 12.5 Å². The van der Waals surface area contributed by atoms with Crippen molar-refractivity contribution >= 4 is 21.8 Å². The van der Waals surface area contributed by atoms with Crippen LogP contribution >= 0.6 is 15.9 Å². The summed E-state index contributed by atoms with van der Waals surface area (Å²) in [5, 5.41) is 12.4. The van der Waals surface area contributed by atoms with Crippen LogP contribution in [-0.2, 0) is 0 Å². The highest BCUT2D eigenvalue weighted by atomic mass is 79.9. The molecule has 0 saturated carbocycles. The fourth-order valence-electron chi connectivity index (χ4n) is 1.05. The fraction of sp³-hybridized carbons (Fsp3) is 0.455. The minimum absolute atomic E-state index is 0.226. The zero-order valence-corrected chi connectivity index (χ0v) is 10.9. The predicted molar refractivity (Wildman–Crippen MR) is 65.2 cm³/mol. The first kappa shape index (κ1) is 13.1. The van der Waals surface area contributed by atoms with Crippen LogP contribution < -0.4 is 5.32 Å². The molecule has 1 amide bonds. The molecule has 1 atom stereocenters. The fourth-order valence-corrected chi connectivity index (χ4v) is 1.48. The number of aliphatic hydroxyl groups is 1. The van der Waals surface area contributed by atoms with Gasteiger partial charge in [0.2, 0.25) is 0 Å². The second-order valence-corrected chi connectivity index (χ2v) is 4.63. The molecule has 1 heterocycles. The van der Waals surface area contributed by atoms with Crippen molar-refractivity contribution in [3.8, 4) is 0 Å². The summed E-state index contributed by atoms with van der Waals surface area (Å²) in [5.74, 6) is -0.242. The zero-order chi connectivity index (χ0) is 12.2. The van der Waals surface area contributed by atoms with Crippen LogP contribution in [0.25, 0.3) is 0 Å². The summed E-state index contributed by atoms with van der Waals surface area (Å²) in [4.78, 5) is 15.7. The van der Waals surface area contributed by atoms with Crippen molar-refractivity contribution in [3.63, 3.8) is 0 Å². The summed E-state index contributed by atoms with van der Waals surface area (Å²) in [6.07, 6.45) is 2.19. The molecule has 1 unspecified atom stereocenters. The monoisotopic (exact) mass is 286 g/mol. The lowest BCUT2D eigenvalue weighted by molar-refractivity contribution is 0.0518. The molecule has 1 rings (SSSR count). The van der Waals surface area contributed by atoms with Crippen molar-refractivity contribution in [3.05, 3.63) is 28.5 Å². The van der Waals surface area contributed by atoms with Gasteiger partial charge in [0.05, 0.1) is 11.2 Å². The maximum Gasteiger partial charge on any atom is 0.254 e. The van der Waals surface area contributed by atoms with Crippen molar-refractivity contribution in [2.24, 2.45) is 0 Å². The van der Waals surface area contributed by atoms with E-state index in [1.54, 1.807) is 25.3 Å². The number of hydrogen-bond donors (Lipinski definition) is 2. The molecule has 5 heteroatoms. The molecule has 0 aliphatic heterocycles. The highest BCUT2D eigenvalue weighted by molar-refractivity contribution is 9.10. The van der Waals surface area contributed by atoms with Crippen molar-refractivity contribution in [2.75, 3.05) is 6.54 Å². The normalized spacial score (nSPS) is 14.2. The average Bonchev–Trinajstić information content (AvgIpc) is 2.27. The van der Waals surface area contributed by atoms with Crippen LogP contribution in [0.4, 0.5) is 0 Å². The van der Waals surface area contributed by atoms with Gasteiger partial charge >= 0.3 is 0 Å². The number of carbonyl (C=O) groups is 1. The Morgan fingerprint density at radius 2 is 2.38 bits per heavy atom. The molecular weight excluding hydrogens is 272 g/mol. The average molecular weight is 287 g/mol. The van der Waals surface area contributed by atoms with E-state index < -0.39 is 5.60 Å². The van der Waals surface area contributed by atoms with E-state index in [2.05, 4.69) is 26.2 Å². The molecule has 0 bridgehead atoms. The van der Waals surface area contributed by atoms with Crippen molar-refractivity contribution in [2.45, 2.75) is 25.9 Å². The molecule has 16 heavy (non-hydrogen) atoms. The van der Waals surface area contributed by atoms with Crippen molar-refractivity contribution in [1.29, 1.82) is 0 Å². The van der Waals surface area contributed by atoms with E-state index >= 15 is 0 Å². The van der Waals surface area contributed by atoms with E-state index in [0.29, 0.717) is 16.6 Å². The standard InChI is InChI=1S/C11H15BrN2O2/c1-3-11(2,16)7-14-10(15)8-5-4-6-13-9(8)12/h4-6,16H,3,7H2,1-2H3,(H,14,15). The number of nitrogens with one attached hydrogen (secondary N) is 1. The molecular formula is C11H15BrN2O2. The first-order valence-electron chi connectivity index (χ1n) is 5.07. The van der Waals surface area contributed by atoms with Crippen LogP contribution in [0.3, 0.4) is 0 Å². The van der Waals surface area contributed by atoms with Crippen LogP contribution in [-0.4, -0.2) is 28.1 Å². The Morgan fingerprint density at radius 1 is 1.69 bits per heavy atom. The second-order valence-electron chi connectivity index (χ2n) is 3.87. The van der Waals surface area contributed by atoms with Gasteiger partial charge in [-0.2, -0.15) is 0 Å². The first-order valence-corrected chi connectivity index (χ1v) is 5.86. The molecule has 0 saturated heterocycles. The van der Waals surface area contributed by atoms with Crippen LogP contribution in [0, 0.1) is 0 Å². The highest BCUT2D eigenvalue weighted by Gasteiger charge is 2.19. The largest absolute Gasteiger partial charge is 0.388 e. The van der Waals surface area contributed by atoms with Crippen LogP contribution in [0.5, 0.6) is 0 Å². The number of pyridine rings is 1. The van der Waals surface area contributed by atoms with E-state index in [4.69, 9.17) is 0 Å². The smallest absolute Gasteiger partial charge is 0.254 e. The summed E-state index contributed by atoms with van der Waals surface area (Å²) < 4.78 is 0.503. The first-order chi connectivity index (χ1) is 7.46. The minimum Gasteiger partial charge on any atom is -0.388 e. The summed E-state index contributed by atoms with van der Waals surface area (Å²) in [6, 6.07) is 3.37. The summed E-state index contributed by atoms with van der Waals surface area (Å²) in [7, 11) is 0. The van der Waals surface area contributed by atoms with Crippen LogP contribution in [0.1, 0.15) is 30.6 Å². The second kappa shape index (κ2) is 5.41. The van der Waals surface area contributed by atoms with Crippen LogP contribution in [0.15, 0.2) is 22.9 Å². The minimum atomic E-state index is -0.871. The van der Waals surface area contributed by atoms with E-state index in [0.717, 1.165) is 0 Å². The molecule has 0 radical (unpaired) electrons. The molecule has 0 spiro atoms. The Balaban J connectivity index is 2.64. The Kier molecular flexibility index (Phi) is 4.44. The maximum atomic E-state index is 11.7. The molecule has 0 aliphatic carbocycles. The summed E-state index contributed by atoms with van der Waals surface area (Å²) in [5.41, 5.74) is -0.404. The molecule has 0 aliphatic rings. The van der Waals surface area contributed by atoms with Gasteiger partial charge in [-0.25, -0.2) is 4.98 Å². The molecule has 88 valence electrons. The van der Waals surface area contributed by atoms with E-state index in [1.807, 2.05) is 6.92 Å². The zero-order valence-electron chi connectivity index (χ0n) is 9.33. The molecule has 1 aromatic rings. The van der Waals surface area contributed by atoms with Gasteiger partial charge in [0.1, 0.15) is 4.60 Å². The quantitative estimate of drug-likeness (QED) is 0.829. The summed E-state index contributed by atoms with van der Waals surface area (Å²) >= 11 is 3.20. The Morgan fingerprint density at radius 3 is 2.94 bits per heavy atom. The van der Waals surface area contributed by atoms with Gasteiger partial charge in [-0.3, -0.25) is 4.79 Å². The number of nitrogens with zero attached hydrogens (tertiary/aromatic N) is 1. The van der Waals surface area contributed by atoms with Gasteiger partial charge in [-0.1, -0.05) is 6.92 Å². The maximum absolute atomic E-state index is 11.7. The summed E-state index contributed by atoms with van der Waals surface area (Å²) in [6.45, 7) is 3.78. The van der Waals surface area contributed by atoms with E-state index in [1.165, 1.54) is 0 Å². The number of aromatic nitrogens is 1. The number of hydrogen-bond acceptors (Lipinski definition) is 3. The Labute approximate surface area is 103 Å². The van der Waals surface area contributed by atoms with Gasteiger partial charge in [0, 0.05) is 12.7 Å². The molecule has 1 aromatic heterocycles. The third kappa shape index (κ3) is 3.57. The predicted octanol–water partition coefficient (Wildman–Crippen LogP) is 1.73. The topological polar surface area (TPSA) is 62.2 Å². The molecule has 4 nitrogen and oxygen atoms in total. The number of rotatable bonds is 4. The van der Waals surface area contributed by atoms with Gasteiger partial charge in [0.15, 0.2) is 0 Å². The number of carbonyl (C=O) groups excluding carboxylic acids is 1.